The predicted octanol–water partition coefficient (Wildman–Crippen LogP) is 2.03. The fraction of sp³-hybridized carbons (Fsp3) is 0.368. The summed E-state index contributed by atoms with van der Waals surface area (Å²) in [6.07, 6.45) is 1.67. The third-order valence-electron chi connectivity index (χ3n) is 4.60. The summed E-state index contributed by atoms with van der Waals surface area (Å²) in [7, 11) is -3.70. The van der Waals surface area contributed by atoms with E-state index in [2.05, 4.69) is 10.0 Å². The first-order valence-electron chi connectivity index (χ1n) is 9.21. The van der Waals surface area contributed by atoms with Gasteiger partial charge in [-0.3, -0.25) is 9.59 Å². The maximum atomic E-state index is 12.5. The van der Waals surface area contributed by atoms with Crippen LogP contribution in [-0.2, 0) is 26.0 Å². The summed E-state index contributed by atoms with van der Waals surface area (Å²) in [4.78, 5) is 27.7. The van der Waals surface area contributed by atoms with Gasteiger partial charge in [0.1, 0.15) is 6.04 Å². The molecule has 2 aromatic rings. The molecule has 0 spiro atoms. The number of hydrogen-bond acceptors (Lipinski definition) is 5. The molecule has 1 atom stereocenters. The molecule has 156 valence electrons. The highest BCUT2D eigenvalue weighted by molar-refractivity contribution is 7.89. The third-order valence-corrected chi connectivity index (χ3v) is 7.17. The van der Waals surface area contributed by atoms with Gasteiger partial charge < -0.3 is 10.2 Å². The lowest BCUT2D eigenvalue weighted by Gasteiger charge is -2.24. The molecule has 2 heterocycles. The van der Waals surface area contributed by atoms with Gasteiger partial charge in [0.2, 0.25) is 21.8 Å². The number of carbonyl (C=O) groups is 2. The molecule has 1 aromatic carbocycles. The SMILES string of the molecule is O=C(NCCNS(=O)(=O)c1cccc(Cl)c1)C1CCCN1C(=O)Cc1cccs1. The molecule has 10 heteroatoms. The molecule has 0 aliphatic carbocycles. The quantitative estimate of drug-likeness (QED) is 0.595. The summed E-state index contributed by atoms with van der Waals surface area (Å²) >= 11 is 7.35. The second kappa shape index (κ2) is 9.71. The number of carbonyl (C=O) groups excluding carboxylic acids is 2. The number of nitrogens with zero attached hydrogens (tertiary/aromatic N) is 1. The Balaban J connectivity index is 1.48. The van der Waals surface area contributed by atoms with Crippen molar-refractivity contribution in [2.24, 2.45) is 0 Å². The van der Waals surface area contributed by atoms with Crippen LogP contribution in [0.5, 0.6) is 0 Å². The molecular weight excluding hydrogens is 434 g/mol. The van der Waals surface area contributed by atoms with Crippen LogP contribution < -0.4 is 10.0 Å². The minimum Gasteiger partial charge on any atom is -0.353 e. The van der Waals surface area contributed by atoms with Crippen molar-refractivity contribution in [2.75, 3.05) is 19.6 Å². The Morgan fingerprint density at radius 1 is 1.21 bits per heavy atom. The number of benzene rings is 1. The molecule has 0 bridgehead atoms. The van der Waals surface area contributed by atoms with Gasteiger partial charge in [0, 0.05) is 29.5 Å². The van der Waals surface area contributed by atoms with E-state index in [-0.39, 0.29) is 29.8 Å². The van der Waals surface area contributed by atoms with E-state index in [1.54, 1.807) is 17.0 Å². The Morgan fingerprint density at radius 2 is 2.03 bits per heavy atom. The molecule has 7 nitrogen and oxygen atoms in total. The number of sulfonamides is 1. The average Bonchev–Trinajstić information content (AvgIpc) is 3.37. The highest BCUT2D eigenvalue weighted by Crippen LogP contribution is 2.20. The smallest absolute Gasteiger partial charge is 0.242 e. The normalized spacial score (nSPS) is 16.7. The van der Waals surface area contributed by atoms with Gasteiger partial charge in [0.15, 0.2) is 0 Å². The van der Waals surface area contributed by atoms with Crippen LogP contribution in [-0.4, -0.2) is 50.8 Å². The average molecular weight is 456 g/mol. The summed E-state index contributed by atoms with van der Waals surface area (Å²) < 4.78 is 26.9. The van der Waals surface area contributed by atoms with E-state index in [1.165, 1.54) is 23.5 Å². The first kappa shape index (κ1) is 21.8. The van der Waals surface area contributed by atoms with E-state index < -0.39 is 16.1 Å². The molecule has 1 fully saturated rings. The van der Waals surface area contributed by atoms with E-state index in [0.717, 1.165) is 11.3 Å². The molecule has 1 aromatic heterocycles. The van der Waals surface area contributed by atoms with Gasteiger partial charge in [0.05, 0.1) is 11.3 Å². The number of nitrogens with one attached hydrogen (secondary N) is 2. The number of thiophene rings is 1. The Bertz CT molecular complexity index is 964. The predicted molar refractivity (Wildman–Crippen MR) is 112 cm³/mol. The molecule has 0 saturated carbocycles. The monoisotopic (exact) mass is 455 g/mol. The second-order valence-electron chi connectivity index (χ2n) is 6.65. The van der Waals surface area contributed by atoms with Crippen molar-refractivity contribution < 1.29 is 18.0 Å². The first-order valence-corrected chi connectivity index (χ1v) is 12.0. The van der Waals surface area contributed by atoms with E-state index in [9.17, 15) is 18.0 Å². The first-order chi connectivity index (χ1) is 13.9. The van der Waals surface area contributed by atoms with E-state index >= 15 is 0 Å². The molecule has 3 rings (SSSR count). The summed E-state index contributed by atoms with van der Waals surface area (Å²) in [6, 6.07) is 9.24. The van der Waals surface area contributed by atoms with Crippen molar-refractivity contribution in [1.82, 2.24) is 14.9 Å². The second-order valence-corrected chi connectivity index (χ2v) is 9.88. The van der Waals surface area contributed by atoms with Crippen LogP contribution in [0.1, 0.15) is 17.7 Å². The zero-order valence-electron chi connectivity index (χ0n) is 15.6. The molecule has 0 radical (unpaired) electrons. The lowest BCUT2D eigenvalue weighted by Crippen LogP contribution is -2.47. The molecule has 1 aliphatic rings. The Kier molecular flexibility index (Phi) is 7.28. The van der Waals surface area contributed by atoms with Crippen LogP contribution >= 0.6 is 22.9 Å². The summed E-state index contributed by atoms with van der Waals surface area (Å²) in [6.45, 7) is 0.724. The van der Waals surface area contributed by atoms with Crippen LogP contribution in [0.4, 0.5) is 0 Å². The third kappa shape index (κ3) is 5.79. The highest BCUT2D eigenvalue weighted by atomic mass is 35.5. The van der Waals surface area contributed by atoms with Gasteiger partial charge in [-0.25, -0.2) is 13.1 Å². The molecule has 29 heavy (non-hydrogen) atoms. The standard InChI is InChI=1S/C19H22ClN3O4S2/c20-14-4-1-6-16(12-14)29(26,27)22-9-8-21-19(25)17-7-2-10-23(17)18(24)13-15-5-3-11-28-15/h1,3-6,11-12,17,22H,2,7-10,13H2,(H,21,25). The topological polar surface area (TPSA) is 95.6 Å². The van der Waals surface area contributed by atoms with Gasteiger partial charge in [0.25, 0.3) is 0 Å². The van der Waals surface area contributed by atoms with E-state index in [1.807, 2.05) is 17.5 Å². The van der Waals surface area contributed by atoms with Crippen molar-refractivity contribution in [3.8, 4) is 0 Å². The number of amides is 2. The molecule has 2 amide bonds. The lowest BCUT2D eigenvalue weighted by molar-refractivity contribution is -0.137. The van der Waals surface area contributed by atoms with Crippen molar-refractivity contribution in [3.05, 3.63) is 51.7 Å². The van der Waals surface area contributed by atoms with Crippen molar-refractivity contribution in [2.45, 2.75) is 30.2 Å². The fourth-order valence-electron chi connectivity index (χ4n) is 3.21. The van der Waals surface area contributed by atoms with Crippen molar-refractivity contribution >= 4 is 44.8 Å². The fourth-order valence-corrected chi connectivity index (χ4v) is 5.24. The molecule has 1 saturated heterocycles. The Morgan fingerprint density at radius 3 is 2.76 bits per heavy atom. The van der Waals surface area contributed by atoms with Crippen LogP contribution in [0, 0.1) is 0 Å². The van der Waals surface area contributed by atoms with Crippen LogP contribution in [0.25, 0.3) is 0 Å². The Hall–Kier alpha value is -1.94. The zero-order chi connectivity index (χ0) is 20.9. The minimum atomic E-state index is -3.70. The largest absolute Gasteiger partial charge is 0.353 e. The number of rotatable bonds is 8. The van der Waals surface area contributed by atoms with Gasteiger partial charge >= 0.3 is 0 Å². The number of hydrogen-bond donors (Lipinski definition) is 2. The molecule has 1 aliphatic heterocycles. The van der Waals surface area contributed by atoms with Crippen LogP contribution in [0.3, 0.4) is 0 Å². The summed E-state index contributed by atoms with van der Waals surface area (Å²) in [5.41, 5.74) is 0. The van der Waals surface area contributed by atoms with Crippen molar-refractivity contribution in [1.29, 1.82) is 0 Å². The van der Waals surface area contributed by atoms with E-state index in [0.29, 0.717) is 24.4 Å². The molecule has 1 unspecified atom stereocenters. The summed E-state index contributed by atoms with van der Waals surface area (Å²) in [5, 5.41) is 4.97. The summed E-state index contributed by atoms with van der Waals surface area (Å²) in [5.74, 6) is -0.323. The van der Waals surface area contributed by atoms with Gasteiger partial charge in [-0.2, -0.15) is 0 Å². The lowest BCUT2D eigenvalue weighted by atomic mass is 10.2. The Labute approximate surface area is 179 Å². The maximum Gasteiger partial charge on any atom is 0.242 e. The number of halogens is 1. The van der Waals surface area contributed by atoms with Gasteiger partial charge in [-0.15, -0.1) is 11.3 Å². The van der Waals surface area contributed by atoms with Crippen LogP contribution in [0.2, 0.25) is 5.02 Å². The number of likely N-dealkylation sites (tertiary alicyclic amines) is 1. The zero-order valence-corrected chi connectivity index (χ0v) is 18.0. The van der Waals surface area contributed by atoms with Crippen molar-refractivity contribution in [3.63, 3.8) is 0 Å². The molecule has 2 N–H and O–H groups in total. The van der Waals surface area contributed by atoms with Crippen LogP contribution in [0.15, 0.2) is 46.7 Å². The van der Waals surface area contributed by atoms with Gasteiger partial charge in [-0.05, 0) is 42.5 Å². The minimum absolute atomic E-state index is 0.0381. The maximum absolute atomic E-state index is 12.5. The van der Waals surface area contributed by atoms with E-state index in [4.69, 9.17) is 11.6 Å². The molecular formula is C19H22ClN3O4S2. The van der Waals surface area contributed by atoms with Gasteiger partial charge in [-0.1, -0.05) is 23.7 Å². The highest BCUT2D eigenvalue weighted by Gasteiger charge is 2.33.